The Morgan fingerprint density at radius 2 is 2.17 bits per heavy atom. The lowest BCUT2D eigenvalue weighted by atomic mass is 10.1. The van der Waals surface area contributed by atoms with Crippen LogP contribution in [-0.4, -0.2) is 14.9 Å². The first-order chi connectivity index (χ1) is 5.45. The van der Waals surface area contributed by atoms with E-state index in [1.807, 2.05) is 20.8 Å². The largest absolute Gasteiger partial charge is 0.390 e. The van der Waals surface area contributed by atoms with E-state index >= 15 is 0 Å². The third kappa shape index (κ3) is 1.58. The van der Waals surface area contributed by atoms with Gasteiger partial charge in [0.15, 0.2) is 0 Å². The maximum Gasteiger partial charge on any atom is 0.267 e. The highest BCUT2D eigenvalue weighted by molar-refractivity contribution is 4.99. The Morgan fingerprint density at radius 3 is 2.42 bits per heavy atom. The van der Waals surface area contributed by atoms with E-state index in [2.05, 4.69) is 5.10 Å². The molecule has 0 spiro atoms. The van der Waals surface area contributed by atoms with Crippen LogP contribution in [0.15, 0.2) is 10.9 Å². The normalized spacial score (nSPS) is 12.0. The van der Waals surface area contributed by atoms with E-state index in [-0.39, 0.29) is 17.7 Å². The number of aromatic amines is 1. The van der Waals surface area contributed by atoms with Crippen molar-refractivity contribution in [1.82, 2.24) is 9.78 Å². The maximum atomic E-state index is 11.3. The Kier molecular flexibility index (Phi) is 2.10. The lowest BCUT2D eigenvalue weighted by molar-refractivity contribution is 0.269. The molecule has 0 aliphatic heterocycles. The smallest absolute Gasteiger partial charge is 0.267 e. The first kappa shape index (κ1) is 9.06. The molecule has 0 saturated heterocycles. The summed E-state index contributed by atoms with van der Waals surface area (Å²) in [5.74, 6) is 0. The monoisotopic (exact) mass is 170 g/mol. The lowest BCUT2D eigenvalue weighted by Gasteiger charge is -2.19. The molecule has 2 N–H and O–H groups in total. The van der Waals surface area contributed by atoms with Crippen molar-refractivity contribution in [3.63, 3.8) is 0 Å². The average Bonchev–Trinajstić information content (AvgIpc) is 2.29. The molecule has 1 heterocycles. The molecular weight excluding hydrogens is 156 g/mol. The summed E-state index contributed by atoms with van der Waals surface area (Å²) in [6.07, 6.45) is 0. The highest BCUT2D eigenvalue weighted by Crippen LogP contribution is 2.08. The zero-order chi connectivity index (χ0) is 9.35. The quantitative estimate of drug-likeness (QED) is 0.642. The second-order valence-electron chi connectivity index (χ2n) is 3.78. The van der Waals surface area contributed by atoms with Crippen LogP contribution in [0.2, 0.25) is 0 Å². The molecule has 0 fully saturated rings. The number of rotatable bonds is 1. The Hall–Kier alpha value is -1.03. The van der Waals surface area contributed by atoms with Gasteiger partial charge in [-0.05, 0) is 20.8 Å². The summed E-state index contributed by atoms with van der Waals surface area (Å²) in [4.78, 5) is 11.3. The first-order valence-electron chi connectivity index (χ1n) is 3.87. The number of hydrogen-bond acceptors (Lipinski definition) is 2. The lowest BCUT2D eigenvalue weighted by Crippen LogP contribution is -2.32. The molecule has 0 bridgehead atoms. The van der Waals surface area contributed by atoms with Crippen molar-refractivity contribution in [2.75, 3.05) is 0 Å². The Labute approximate surface area is 70.8 Å². The van der Waals surface area contributed by atoms with Gasteiger partial charge in [-0.15, -0.1) is 0 Å². The fraction of sp³-hybridized carbons (Fsp3) is 0.625. The number of hydrogen-bond donors (Lipinski definition) is 2. The fourth-order valence-corrected chi connectivity index (χ4v) is 1.02. The van der Waals surface area contributed by atoms with Crippen LogP contribution in [0.25, 0.3) is 0 Å². The Balaban J connectivity index is 3.17. The summed E-state index contributed by atoms with van der Waals surface area (Å²) >= 11 is 0. The van der Waals surface area contributed by atoms with Crippen LogP contribution in [0.5, 0.6) is 0 Å². The van der Waals surface area contributed by atoms with Gasteiger partial charge in [0.05, 0.1) is 17.8 Å². The molecule has 1 rings (SSSR count). The van der Waals surface area contributed by atoms with E-state index in [1.54, 1.807) is 0 Å². The SMILES string of the molecule is CC(C)(C)n1[nH]c(CO)cc1=O. The van der Waals surface area contributed by atoms with Crippen LogP contribution < -0.4 is 5.56 Å². The summed E-state index contributed by atoms with van der Waals surface area (Å²) < 4.78 is 1.50. The van der Waals surface area contributed by atoms with Gasteiger partial charge >= 0.3 is 0 Å². The van der Waals surface area contributed by atoms with Crippen LogP contribution in [0.3, 0.4) is 0 Å². The second-order valence-corrected chi connectivity index (χ2v) is 3.78. The highest BCUT2D eigenvalue weighted by atomic mass is 16.3. The van der Waals surface area contributed by atoms with Gasteiger partial charge in [-0.25, -0.2) is 4.68 Å². The minimum Gasteiger partial charge on any atom is -0.390 e. The van der Waals surface area contributed by atoms with Crippen LogP contribution in [0, 0.1) is 0 Å². The zero-order valence-electron chi connectivity index (χ0n) is 7.59. The predicted molar refractivity (Wildman–Crippen MR) is 46.0 cm³/mol. The summed E-state index contributed by atoms with van der Waals surface area (Å²) in [5, 5.41) is 11.6. The minimum atomic E-state index is -0.259. The van der Waals surface area contributed by atoms with E-state index in [1.165, 1.54) is 10.7 Å². The number of aliphatic hydroxyl groups is 1. The molecule has 12 heavy (non-hydrogen) atoms. The molecule has 0 radical (unpaired) electrons. The molecule has 68 valence electrons. The number of nitrogens with zero attached hydrogens (tertiary/aromatic N) is 1. The van der Waals surface area contributed by atoms with Gasteiger partial charge in [0.1, 0.15) is 0 Å². The summed E-state index contributed by atoms with van der Waals surface area (Å²) in [6, 6.07) is 1.41. The van der Waals surface area contributed by atoms with Gasteiger partial charge in [0, 0.05) is 6.07 Å². The number of aliphatic hydroxyl groups excluding tert-OH is 1. The summed E-state index contributed by atoms with van der Waals surface area (Å²) in [7, 11) is 0. The standard InChI is InChI=1S/C8H14N2O2/c1-8(2,3)10-7(12)4-6(5-11)9-10/h4,9,11H,5H2,1-3H3. The average molecular weight is 170 g/mol. The molecule has 0 unspecified atom stereocenters. The van der Waals surface area contributed by atoms with E-state index in [9.17, 15) is 4.79 Å². The van der Waals surface area contributed by atoms with Crippen molar-refractivity contribution in [2.45, 2.75) is 32.9 Å². The van der Waals surface area contributed by atoms with Crippen molar-refractivity contribution in [2.24, 2.45) is 0 Å². The molecule has 0 atom stereocenters. The molecule has 0 aliphatic carbocycles. The second kappa shape index (κ2) is 2.79. The van der Waals surface area contributed by atoms with Gasteiger partial charge in [0.2, 0.25) is 0 Å². The van der Waals surface area contributed by atoms with E-state index in [0.717, 1.165) is 0 Å². The third-order valence-electron chi connectivity index (χ3n) is 1.61. The summed E-state index contributed by atoms with van der Waals surface area (Å²) in [6.45, 7) is 5.64. The molecule has 0 amide bonds. The van der Waals surface area contributed by atoms with Gasteiger partial charge in [-0.3, -0.25) is 9.89 Å². The Morgan fingerprint density at radius 1 is 1.58 bits per heavy atom. The molecule has 4 heteroatoms. The Bertz CT molecular complexity index is 317. The van der Waals surface area contributed by atoms with Crippen LogP contribution in [0.4, 0.5) is 0 Å². The van der Waals surface area contributed by atoms with E-state index in [0.29, 0.717) is 5.69 Å². The first-order valence-corrected chi connectivity index (χ1v) is 3.87. The van der Waals surface area contributed by atoms with Crippen molar-refractivity contribution in [1.29, 1.82) is 0 Å². The molecular formula is C8H14N2O2. The number of H-pyrrole nitrogens is 1. The zero-order valence-corrected chi connectivity index (χ0v) is 7.59. The topological polar surface area (TPSA) is 58.0 Å². The third-order valence-corrected chi connectivity index (χ3v) is 1.61. The molecule has 0 aromatic carbocycles. The summed E-state index contributed by atoms with van der Waals surface area (Å²) in [5.41, 5.74) is 0.186. The molecule has 0 aliphatic rings. The predicted octanol–water partition coefficient (Wildman–Crippen LogP) is 0.424. The van der Waals surface area contributed by atoms with Crippen molar-refractivity contribution in [3.8, 4) is 0 Å². The molecule has 4 nitrogen and oxygen atoms in total. The molecule has 1 aromatic rings. The van der Waals surface area contributed by atoms with Crippen molar-refractivity contribution in [3.05, 3.63) is 22.1 Å². The number of aromatic nitrogens is 2. The minimum absolute atomic E-state index is 0.105. The molecule has 0 saturated carbocycles. The van der Waals surface area contributed by atoms with E-state index < -0.39 is 0 Å². The fourth-order valence-electron chi connectivity index (χ4n) is 1.02. The number of nitrogens with one attached hydrogen (secondary N) is 1. The van der Waals surface area contributed by atoms with Crippen LogP contribution in [0.1, 0.15) is 26.5 Å². The van der Waals surface area contributed by atoms with Gasteiger partial charge in [0.25, 0.3) is 5.56 Å². The van der Waals surface area contributed by atoms with Gasteiger partial charge < -0.3 is 5.11 Å². The van der Waals surface area contributed by atoms with Gasteiger partial charge in [-0.2, -0.15) is 0 Å². The maximum absolute atomic E-state index is 11.3. The highest BCUT2D eigenvalue weighted by Gasteiger charge is 2.16. The van der Waals surface area contributed by atoms with Crippen LogP contribution >= 0.6 is 0 Å². The molecule has 1 aromatic heterocycles. The van der Waals surface area contributed by atoms with Gasteiger partial charge in [-0.1, -0.05) is 0 Å². The van der Waals surface area contributed by atoms with Crippen molar-refractivity contribution >= 4 is 0 Å². The van der Waals surface area contributed by atoms with E-state index in [4.69, 9.17) is 5.11 Å². The van der Waals surface area contributed by atoms with Crippen molar-refractivity contribution < 1.29 is 5.11 Å². The van der Waals surface area contributed by atoms with Crippen LogP contribution in [-0.2, 0) is 12.1 Å².